The van der Waals surface area contributed by atoms with Crippen molar-refractivity contribution in [1.29, 1.82) is 0 Å². The van der Waals surface area contributed by atoms with E-state index in [9.17, 15) is 18.0 Å². The first-order valence-corrected chi connectivity index (χ1v) is 15.2. The molecule has 0 aliphatic carbocycles. The molecule has 0 heterocycles. The number of rotatable bonds is 11. The van der Waals surface area contributed by atoms with E-state index < -0.39 is 34.1 Å². The summed E-state index contributed by atoms with van der Waals surface area (Å²) in [7, 11) is -1.33. The highest BCUT2D eigenvalue weighted by Crippen LogP contribution is 2.34. The van der Waals surface area contributed by atoms with E-state index >= 15 is 0 Å². The predicted molar refractivity (Wildman–Crippen MR) is 165 cm³/mol. The number of sulfonamides is 1. The summed E-state index contributed by atoms with van der Waals surface area (Å²) in [6.07, 6.45) is 0. The molecule has 0 spiro atoms. The average Bonchev–Trinajstić information content (AvgIpc) is 2.93. The summed E-state index contributed by atoms with van der Waals surface area (Å²) >= 11 is 6.42. The Morgan fingerprint density at radius 3 is 2.14 bits per heavy atom. The van der Waals surface area contributed by atoms with E-state index in [1.165, 1.54) is 43.4 Å². The van der Waals surface area contributed by atoms with Gasteiger partial charge in [-0.15, -0.1) is 0 Å². The van der Waals surface area contributed by atoms with E-state index in [1.807, 2.05) is 27.7 Å². The number of nitrogens with one attached hydrogen (secondary N) is 1. The summed E-state index contributed by atoms with van der Waals surface area (Å²) in [5.41, 5.74) is 1.13. The third kappa shape index (κ3) is 7.95. The lowest BCUT2D eigenvalue weighted by molar-refractivity contribution is -0.140. The Bertz CT molecular complexity index is 1520. The quantitative estimate of drug-likeness (QED) is 0.318. The van der Waals surface area contributed by atoms with E-state index in [2.05, 4.69) is 5.32 Å². The van der Waals surface area contributed by atoms with Gasteiger partial charge in [0.15, 0.2) is 11.5 Å². The van der Waals surface area contributed by atoms with Gasteiger partial charge in [0, 0.05) is 23.2 Å². The number of carbonyl (C=O) groups excluding carboxylic acids is 2. The fourth-order valence-corrected chi connectivity index (χ4v) is 5.81. The normalized spacial score (nSPS) is 12.3. The molecule has 1 atom stereocenters. The molecule has 0 unspecified atom stereocenters. The van der Waals surface area contributed by atoms with Crippen molar-refractivity contribution in [2.45, 2.75) is 57.6 Å². The van der Waals surface area contributed by atoms with E-state index in [4.69, 9.17) is 21.1 Å². The molecule has 42 heavy (non-hydrogen) atoms. The molecule has 9 nitrogen and oxygen atoms in total. The van der Waals surface area contributed by atoms with Gasteiger partial charge in [0.2, 0.25) is 11.8 Å². The van der Waals surface area contributed by atoms with Crippen molar-refractivity contribution in [2.24, 2.45) is 0 Å². The molecule has 0 saturated heterocycles. The zero-order valence-corrected chi connectivity index (χ0v) is 26.5. The molecule has 3 aromatic carbocycles. The first-order valence-electron chi connectivity index (χ1n) is 13.3. The molecule has 0 aliphatic heterocycles. The number of halogens is 1. The lowest BCUT2D eigenvalue weighted by Gasteiger charge is -2.33. The number of carbonyl (C=O) groups is 2. The van der Waals surface area contributed by atoms with E-state index in [-0.39, 0.29) is 28.8 Å². The number of hydrogen-bond acceptors (Lipinski definition) is 6. The van der Waals surface area contributed by atoms with Crippen LogP contribution in [0, 0.1) is 6.92 Å². The SMILES string of the molecule is COc1ccc(N(CC(=O)N(Cc2ccccc2Cl)[C@@H](C)C(=O)NC(C)(C)C)S(=O)(=O)c2ccc(C)cc2)cc1OC. The van der Waals surface area contributed by atoms with Crippen molar-refractivity contribution in [3.63, 3.8) is 0 Å². The van der Waals surface area contributed by atoms with Crippen LogP contribution in [0.2, 0.25) is 5.02 Å². The molecule has 0 saturated carbocycles. The first-order chi connectivity index (χ1) is 19.7. The average molecular weight is 616 g/mol. The molecule has 3 rings (SSSR count). The van der Waals surface area contributed by atoms with Gasteiger partial charge >= 0.3 is 0 Å². The number of nitrogens with zero attached hydrogens (tertiary/aromatic N) is 2. The Kier molecular flexibility index (Phi) is 10.5. The second kappa shape index (κ2) is 13.5. The highest BCUT2D eigenvalue weighted by atomic mass is 35.5. The highest BCUT2D eigenvalue weighted by Gasteiger charge is 2.34. The number of hydrogen-bond donors (Lipinski definition) is 1. The van der Waals surface area contributed by atoms with Crippen LogP contribution < -0.4 is 19.1 Å². The number of anilines is 1. The summed E-state index contributed by atoms with van der Waals surface area (Å²) in [4.78, 5) is 28.7. The van der Waals surface area contributed by atoms with Gasteiger partial charge < -0.3 is 19.7 Å². The molecule has 1 N–H and O–H groups in total. The number of ether oxygens (including phenoxy) is 2. The minimum absolute atomic E-state index is 0.00635. The molecule has 2 amide bonds. The maximum absolute atomic E-state index is 14.1. The number of aryl methyl sites for hydroxylation is 1. The van der Waals surface area contributed by atoms with Crippen LogP contribution >= 0.6 is 11.6 Å². The Labute approximate surface area is 253 Å². The maximum atomic E-state index is 14.1. The number of amides is 2. The molecule has 11 heteroatoms. The van der Waals surface area contributed by atoms with Gasteiger partial charge in [-0.1, -0.05) is 47.5 Å². The zero-order chi connectivity index (χ0) is 31.2. The van der Waals surface area contributed by atoms with E-state index in [1.54, 1.807) is 49.4 Å². The fraction of sp³-hybridized carbons (Fsp3) is 0.355. The Hall–Kier alpha value is -3.76. The topological polar surface area (TPSA) is 105 Å². The minimum Gasteiger partial charge on any atom is -0.493 e. The Morgan fingerprint density at radius 1 is 0.952 bits per heavy atom. The second-order valence-electron chi connectivity index (χ2n) is 10.9. The van der Waals surface area contributed by atoms with Crippen LogP contribution in [0.15, 0.2) is 71.6 Å². The fourth-order valence-electron chi connectivity index (χ4n) is 4.21. The molecule has 0 aliphatic rings. The standard InChI is InChI=1S/C31H38ClN3O6S/c1-21-12-15-25(16-13-21)42(38,39)35(24-14-17-27(40-6)28(18-24)41-7)20-29(36)34(19-23-10-8-9-11-26(23)32)22(2)30(37)33-31(3,4)5/h8-18,22H,19-20H2,1-7H3,(H,33,37)/t22-/m0/s1. The zero-order valence-electron chi connectivity index (χ0n) is 25.0. The van der Waals surface area contributed by atoms with Crippen LogP contribution in [0.5, 0.6) is 11.5 Å². The van der Waals surface area contributed by atoms with Crippen molar-refractivity contribution in [3.8, 4) is 11.5 Å². The van der Waals surface area contributed by atoms with Crippen LogP contribution in [0.4, 0.5) is 5.69 Å². The van der Waals surface area contributed by atoms with Gasteiger partial charge in [-0.05, 0) is 70.5 Å². The lowest BCUT2D eigenvalue weighted by atomic mass is 10.1. The molecule has 226 valence electrons. The molecule has 0 aromatic heterocycles. The molecular weight excluding hydrogens is 578 g/mol. The maximum Gasteiger partial charge on any atom is 0.264 e. The Balaban J connectivity index is 2.11. The van der Waals surface area contributed by atoms with Crippen molar-refractivity contribution in [3.05, 3.63) is 82.9 Å². The molecular formula is C31H38ClN3O6S. The number of benzene rings is 3. The summed E-state index contributed by atoms with van der Waals surface area (Å²) in [6, 6.07) is 17.0. The molecule has 0 radical (unpaired) electrons. The minimum atomic E-state index is -4.24. The van der Waals surface area contributed by atoms with E-state index in [0.717, 1.165) is 9.87 Å². The third-order valence-electron chi connectivity index (χ3n) is 6.51. The van der Waals surface area contributed by atoms with Crippen LogP contribution in [0.1, 0.15) is 38.8 Å². The monoisotopic (exact) mass is 615 g/mol. The summed E-state index contributed by atoms with van der Waals surface area (Å²) in [5.74, 6) is -0.301. The van der Waals surface area contributed by atoms with Gasteiger partial charge in [0.1, 0.15) is 12.6 Å². The van der Waals surface area contributed by atoms with Crippen molar-refractivity contribution >= 4 is 39.1 Å². The predicted octanol–water partition coefficient (Wildman–Crippen LogP) is 5.19. The van der Waals surface area contributed by atoms with Crippen molar-refractivity contribution < 1.29 is 27.5 Å². The van der Waals surface area contributed by atoms with Crippen LogP contribution in [-0.2, 0) is 26.2 Å². The van der Waals surface area contributed by atoms with Gasteiger partial charge in [-0.3, -0.25) is 13.9 Å². The third-order valence-corrected chi connectivity index (χ3v) is 8.66. The van der Waals surface area contributed by atoms with E-state index in [0.29, 0.717) is 16.3 Å². The second-order valence-corrected chi connectivity index (χ2v) is 13.2. The molecule has 0 bridgehead atoms. The molecule has 3 aromatic rings. The Morgan fingerprint density at radius 2 is 1.57 bits per heavy atom. The smallest absolute Gasteiger partial charge is 0.264 e. The van der Waals surface area contributed by atoms with Gasteiger partial charge in [-0.2, -0.15) is 0 Å². The van der Waals surface area contributed by atoms with Crippen LogP contribution in [0.3, 0.4) is 0 Å². The van der Waals surface area contributed by atoms with Gasteiger partial charge in [0.25, 0.3) is 10.0 Å². The van der Waals surface area contributed by atoms with Gasteiger partial charge in [-0.25, -0.2) is 8.42 Å². The van der Waals surface area contributed by atoms with Crippen LogP contribution in [0.25, 0.3) is 0 Å². The lowest BCUT2D eigenvalue weighted by Crippen LogP contribution is -2.54. The number of methoxy groups -OCH3 is 2. The summed E-state index contributed by atoms with van der Waals surface area (Å²) < 4.78 is 39.8. The molecule has 0 fully saturated rings. The summed E-state index contributed by atoms with van der Waals surface area (Å²) in [6.45, 7) is 8.36. The largest absolute Gasteiger partial charge is 0.493 e. The van der Waals surface area contributed by atoms with Crippen LogP contribution in [-0.4, -0.2) is 57.5 Å². The van der Waals surface area contributed by atoms with Crippen molar-refractivity contribution in [1.82, 2.24) is 10.2 Å². The first kappa shape index (κ1) is 32.8. The van der Waals surface area contributed by atoms with Crippen molar-refractivity contribution in [2.75, 3.05) is 25.1 Å². The highest BCUT2D eigenvalue weighted by molar-refractivity contribution is 7.92. The summed E-state index contributed by atoms with van der Waals surface area (Å²) in [5, 5.41) is 3.32. The van der Waals surface area contributed by atoms with Gasteiger partial charge in [0.05, 0.1) is 24.8 Å².